The van der Waals surface area contributed by atoms with Crippen molar-refractivity contribution in [1.29, 1.82) is 0 Å². The molecule has 106 valence electrons. The summed E-state index contributed by atoms with van der Waals surface area (Å²) in [6, 6.07) is 6.68. The highest BCUT2D eigenvalue weighted by Crippen LogP contribution is 2.35. The maximum atomic E-state index is 4.26. The number of aromatic amines is 1. The van der Waals surface area contributed by atoms with Crippen molar-refractivity contribution in [3.63, 3.8) is 0 Å². The van der Waals surface area contributed by atoms with Crippen LogP contribution in [0.1, 0.15) is 23.7 Å². The van der Waals surface area contributed by atoms with Crippen molar-refractivity contribution in [3.05, 3.63) is 48.0 Å². The zero-order chi connectivity index (χ0) is 13.8. The number of nitrogens with one attached hydrogen (secondary N) is 2. The summed E-state index contributed by atoms with van der Waals surface area (Å²) in [5.41, 5.74) is 2.45. The minimum atomic E-state index is 0.470. The third-order valence-electron chi connectivity index (χ3n) is 4.08. The molecule has 3 rings (SSSR count). The van der Waals surface area contributed by atoms with Gasteiger partial charge in [0.25, 0.3) is 0 Å². The molecule has 1 fully saturated rings. The van der Waals surface area contributed by atoms with E-state index in [-0.39, 0.29) is 0 Å². The molecule has 0 radical (unpaired) electrons. The van der Waals surface area contributed by atoms with E-state index >= 15 is 0 Å². The molecule has 2 aromatic heterocycles. The van der Waals surface area contributed by atoms with Gasteiger partial charge in [0, 0.05) is 43.4 Å². The molecular weight excluding hydrogens is 250 g/mol. The Bertz CT molecular complexity index is 510. The molecule has 5 heteroatoms. The second-order valence-electron chi connectivity index (χ2n) is 5.47. The first-order chi connectivity index (χ1) is 9.84. The lowest BCUT2D eigenvalue weighted by molar-refractivity contribution is 0.271. The molecule has 0 bridgehead atoms. The normalized spacial score (nSPS) is 23.2. The van der Waals surface area contributed by atoms with Crippen LogP contribution in [0.4, 0.5) is 0 Å². The van der Waals surface area contributed by atoms with Crippen LogP contribution in [0.25, 0.3) is 0 Å². The van der Waals surface area contributed by atoms with Gasteiger partial charge in [0.05, 0.1) is 0 Å². The van der Waals surface area contributed by atoms with Crippen LogP contribution in [0.15, 0.2) is 36.8 Å². The lowest BCUT2D eigenvalue weighted by Gasteiger charge is -2.25. The van der Waals surface area contributed by atoms with Gasteiger partial charge in [-0.25, -0.2) is 0 Å². The van der Waals surface area contributed by atoms with Gasteiger partial charge < -0.3 is 5.32 Å². The van der Waals surface area contributed by atoms with E-state index in [1.165, 1.54) is 12.0 Å². The van der Waals surface area contributed by atoms with Crippen LogP contribution in [-0.4, -0.2) is 40.2 Å². The second-order valence-corrected chi connectivity index (χ2v) is 5.47. The van der Waals surface area contributed by atoms with Crippen LogP contribution in [0.2, 0.25) is 0 Å². The lowest BCUT2D eigenvalue weighted by Crippen LogP contribution is -2.28. The predicted octanol–water partition coefficient (Wildman–Crippen LogP) is 1.59. The largest absolute Gasteiger partial charge is 0.311 e. The van der Waals surface area contributed by atoms with Gasteiger partial charge in [0.2, 0.25) is 0 Å². The number of hydrogen-bond acceptors (Lipinski definition) is 4. The van der Waals surface area contributed by atoms with Gasteiger partial charge in [-0.1, -0.05) is 6.07 Å². The number of pyridine rings is 1. The zero-order valence-corrected chi connectivity index (χ0v) is 11.8. The summed E-state index contributed by atoms with van der Waals surface area (Å²) in [7, 11) is 2.20. The minimum absolute atomic E-state index is 0.470. The van der Waals surface area contributed by atoms with E-state index in [4.69, 9.17) is 0 Å². The zero-order valence-electron chi connectivity index (χ0n) is 11.8. The van der Waals surface area contributed by atoms with Gasteiger partial charge >= 0.3 is 0 Å². The first-order valence-corrected chi connectivity index (χ1v) is 7.14. The number of H-pyrrole nitrogens is 1. The summed E-state index contributed by atoms with van der Waals surface area (Å²) in [5, 5.41) is 10.5. The molecule has 0 saturated carbocycles. The first kappa shape index (κ1) is 13.3. The number of hydrogen-bond donors (Lipinski definition) is 2. The summed E-state index contributed by atoms with van der Waals surface area (Å²) < 4.78 is 0. The molecule has 0 unspecified atom stereocenters. The summed E-state index contributed by atoms with van der Waals surface area (Å²) in [4.78, 5) is 6.69. The number of rotatable bonds is 5. The van der Waals surface area contributed by atoms with Crippen LogP contribution in [-0.2, 0) is 6.54 Å². The number of likely N-dealkylation sites (tertiary alicyclic amines) is 1. The maximum Gasteiger partial charge on any atom is 0.0490 e. The quantitative estimate of drug-likeness (QED) is 0.867. The Morgan fingerprint density at radius 2 is 2.35 bits per heavy atom. The van der Waals surface area contributed by atoms with Crippen molar-refractivity contribution >= 4 is 0 Å². The van der Waals surface area contributed by atoms with Crippen molar-refractivity contribution in [1.82, 2.24) is 25.4 Å². The van der Waals surface area contributed by atoms with Crippen molar-refractivity contribution < 1.29 is 0 Å². The monoisotopic (exact) mass is 271 g/mol. The highest BCUT2D eigenvalue weighted by Gasteiger charge is 2.32. The fraction of sp³-hybridized carbons (Fsp3) is 0.467. The Morgan fingerprint density at radius 3 is 3.10 bits per heavy atom. The second kappa shape index (κ2) is 6.15. The molecule has 0 aromatic carbocycles. The molecule has 2 atom stereocenters. The number of aromatic nitrogens is 3. The smallest absolute Gasteiger partial charge is 0.0490 e. The minimum Gasteiger partial charge on any atom is -0.311 e. The fourth-order valence-corrected chi connectivity index (χ4v) is 3.09. The molecule has 0 aliphatic carbocycles. The third-order valence-corrected chi connectivity index (χ3v) is 4.08. The Labute approximate surface area is 119 Å². The van der Waals surface area contributed by atoms with E-state index in [9.17, 15) is 0 Å². The van der Waals surface area contributed by atoms with Crippen molar-refractivity contribution in [2.75, 3.05) is 20.1 Å². The molecule has 2 aromatic rings. The Hall–Kier alpha value is -1.72. The van der Waals surface area contributed by atoms with Crippen LogP contribution in [0.3, 0.4) is 0 Å². The van der Waals surface area contributed by atoms with Gasteiger partial charge in [-0.15, -0.1) is 0 Å². The molecule has 20 heavy (non-hydrogen) atoms. The molecule has 5 nitrogen and oxygen atoms in total. The van der Waals surface area contributed by atoms with Crippen LogP contribution >= 0.6 is 0 Å². The molecule has 2 N–H and O–H groups in total. The van der Waals surface area contributed by atoms with E-state index in [2.05, 4.69) is 38.5 Å². The highest BCUT2D eigenvalue weighted by molar-refractivity contribution is 5.17. The molecule has 0 spiro atoms. The Balaban J connectivity index is 1.60. The van der Waals surface area contributed by atoms with Crippen LogP contribution in [0.5, 0.6) is 0 Å². The standard InChI is InChI=1S/C15H21N5/c1-20-8-5-13(10-17-11-14-4-7-18-19-14)15(20)12-3-2-6-16-9-12/h2-4,6-7,9,13,15,17H,5,8,10-11H2,1H3,(H,18,19)/t13-,15-/m0/s1. The van der Waals surface area contributed by atoms with Crippen molar-refractivity contribution in [3.8, 4) is 0 Å². The van der Waals surface area contributed by atoms with Crippen molar-refractivity contribution in [2.45, 2.75) is 19.0 Å². The number of nitrogens with zero attached hydrogens (tertiary/aromatic N) is 3. The van der Waals surface area contributed by atoms with E-state index < -0.39 is 0 Å². The fourth-order valence-electron chi connectivity index (χ4n) is 3.09. The lowest BCUT2D eigenvalue weighted by atomic mass is 9.95. The first-order valence-electron chi connectivity index (χ1n) is 7.14. The molecule has 0 amide bonds. The predicted molar refractivity (Wildman–Crippen MR) is 78.0 cm³/mol. The van der Waals surface area contributed by atoms with Gasteiger partial charge in [-0.3, -0.25) is 15.0 Å². The Morgan fingerprint density at radius 1 is 1.40 bits per heavy atom. The Kier molecular flexibility index (Phi) is 4.08. The summed E-state index contributed by atoms with van der Waals surface area (Å²) in [6.45, 7) is 3.01. The maximum absolute atomic E-state index is 4.26. The molecular formula is C15H21N5. The summed E-state index contributed by atoms with van der Waals surface area (Å²) >= 11 is 0. The average Bonchev–Trinajstić information content (AvgIpc) is 3.10. The van der Waals surface area contributed by atoms with Gasteiger partial charge in [-0.05, 0) is 43.6 Å². The van der Waals surface area contributed by atoms with Gasteiger partial charge in [0.1, 0.15) is 0 Å². The van der Waals surface area contributed by atoms with E-state index in [0.717, 1.165) is 25.3 Å². The van der Waals surface area contributed by atoms with E-state index in [1.54, 1.807) is 6.20 Å². The van der Waals surface area contributed by atoms with E-state index in [1.807, 2.05) is 24.5 Å². The summed E-state index contributed by atoms with van der Waals surface area (Å²) in [5.74, 6) is 0.632. The molecule has 3 heterocycles. The highest BCUT2D eigenvalue weighted by atomic mass is 15.2. The van der Waals surface area contributed by atoms with Crippen LogP contribution < -0.4 is 5.32 Å². The molecule has 1 aliphatic rings. The van der Waals surface area contributed by atoms with Crippen molar-refractivity contribution in [2.24, 2.45) is 5.92 Å². The van der Waals surface area contributed by atoms with E-state index in [0.29, 0.717) is 12.0 Å². The molecule has 1 aliphatic heterocycles. The molecule has 1 saturated heterocycles. The SMILES string of the molecule is CN1CC[C@@H](CNCc2ccn[nH]2)[C@@H]1c1cccnc1. The topological polar surface area (TPSA) is 56.8 Å². The van der Waals surface area contributed by atoms with Gasteiger partial charge in [0.15, 0.2) is 0 Å². The third kappa shape index (κ3) is 2.89. The summed E-state index contributed by atoms with van der Waals surface area (Å²) in [6.07, 6.45) is 6.85. The van der Waals surface area contributed by atoms with Gasteiger partial charge in [-0.2, -0.15) is 5.10 Å². The average molecular weight is 271 g/mol. The van der Waals surface area contributed by atoms with Crippen LogP contribution in [0, 0.1) is 5.92 Å².